The Hall–Kier alpha value is -2.76. The third kappa shape index (κ3) is 1.60. The lowest BCUT2D eigenvalue weighted by Gasteiger charge is -2.00. The van der Waals surface area contributed by atoms with Crippen LogP contribution in [-0.4, -0.2) is 30.7 Å². The van der Waals surface area contributed by atoms with Crippen LogP contribution in [0.5, 0.6) is 0 Å². The Morgan fingerprint density at radius 2 is 2.17 bits per heavy atom. The highest BCUT2D eigenvalue weighted by molar-refractivity contribution is 5.95. The Morgan fingerprint density at radius 3 is 2.89 bits per heavy atom. The van der Waals surface area contributed by atoms with Crippen LogP contribution < -0.4 is 0 Å². The van der Waals surface area contributed by atoms with Crippen molar-refractivity contribution in [2.45, 2.75) is 0 Å². The van der Waals surface area contributed by atoms with Crippen LogP contribution >= 0.6 is 0 Å². The van der Waals surface area contributed by atoms with Gasteiger partial charge in [-0.2, -0.15) is 5.10 Å². The van der Waals surface area contributed by atoms with Crippen molar-refractivity contribution >= 4 is 11.5 Å². The zero-order valence-electron chi connectivity index (χ0n) is 9.19. The molecule has 0 aliphatic heterocycles. The summed E-state index contributed by atoms with van der Waals surface area (Å²) in [6.07, 6.45) is 7.86. The molecule has 0 atom stereocenters. The van der Waals surface area contributed by atoms with E-state index in [1.165, 1.54) is 16.9 Å². The zero-order valence-corrected chi connectivity index (χ0v) is 9.19. The SMILES string of the molecule is O=C(O)c1cnn2cc(-c3cccnc3)ncc12. The molecule has 18 heavy (non-hydrogen) atoms. The summed E-state index contributed by atoms with van der Waals surface area (Å²) in [6, 6.07) is 3.69. The van der Waals surface area contributed by atoms with E-state index in [9.17, 15) is 4.79 Å². The second-order valence-corrected chi connectivity index (χ2v) is 3.71. The molecule has 0 amide bonds. The molecule has 88 valence electrons. The van der Waals surface area contributed by atoms with Crippen LogP contribution in [0.1, 0.15) is 10.4 Å². The smallest absolute Gasteiger partial charge is 0.339 e. The molecule has 6 heteroatoms. The van der Waals surface area contributed by atoms with E-state index in [0.717, 1.165) is 5.56 Å². The molecule has 3 aromatic rings. The lowest BCUT2D eigenvalue weighted by Crippen LogP contribution is -1.97. The van der Waals surface area contributed by atoms with Crippen LogP contribution in [0.25, 0.3) is 16.8 Å². The van der Waals surface area contributed by atoms with Crippen LogP contribution in [0.4, 0.5) is 0 Å². The lowest BCUT2D eigenvalue weighted by atomic mass is 10.2. The summed E-state index contributed by atoms with van der Waals surface area (Å²) in [5, 5.41) is 13.0. The normalized spacial score (nSPS) is 10.7. The van der Waals surface area contributed by atoms with Crippen molar-refractivity contribution < 1.29 is 9.90 Å². The van der Waals surface area contributed by atoms with E-state index in [2.05, 4.69) is 15.1 Å². The molecule has 0 aliphatic carbocycles. The first kappa shape index (κ1) is 10.4. The first-order valence-corrected chi connectivity index (χ1v) is 5.23. The average Bonchev–Trinajstić information content (AvgIpc) is 2.82. The van der Waals surface area contributed by atoms with Gasteiger partial charge in [0.15, 0.2) is 0 Å². The highest BCUT2D eigenvalue weighted by Crippen LogP contribution is 2.17. The van der Waals surface area contributed by atoms with Gasteiger partial charge in [0.2, 0.25) is 0 Å². The minimum Gasteiger partial charge on any atom is -0.478 e. The number of carboxylic acid groups (broad SMARTS) is 1. The number of carbonyl (C=O) groups is 1. The van der Waals surface area contributed by atoms with E-state index in [4.69, 9.17) is 5.11 Å². The molecule has 3 heterocycles. The number of fused-ring (bicyclic) bond motifs is 1. The second kappa shape index (κ2) is 3.92. The van der Waals surface area contributed by atoms with Crippen molar-refractivity contribution in [1.82, 2.24) is 19.6 Å². The van der Waals surface area contributed by atoms with Gasteiger partial charge in [-0.25, -0.2) is 9.31 Å². The van der Waals surface area contributed by atoms with Gasteiger partial charge in [-0.1, -0.05) is 0 Å². The first-order chi connectivity index (χ1) is 8.75. The van der Waals surface area contributed by atoms with E-state index < -0.39 is 5.97 Å². The number of hydrogen-bond acceptors (Lipinski definition) is 4. The van der Waals surface area contributed by atoms with Gasteiger partial charge in [-0.15, -0.1) is 0 Å². The van der Waals surface area contributed by atoms with Crippen LogP contribution in [-0.2, 0) is 0 Å². The largest absolute Gasteiger partial charge is 0.478 e. The van der Waals surface area contributed by atoms with Crippen molar-refractivity contribution in [3.05, 3.63) is 48.7 Å². The fourth-order valence-corrected chi connectivity index (χ4v) is 1.71. The quantitative estimate of drug-likeness (QED) is 0.734. The van der Waals surface area contributed by atoms with E-state index in [-0.39, 0.29) is 5.56 Å². The molecule has 0 spiro atoms. The summed E-state index contributed by atoms with van der Waals surface area (Å²) in [5.41, 5.74) is 2.15. The van der Waals surface area contributed by atoms with Crippen molar-refractivity contribution in [1.29, 1.82) is 0 Å². The average molecular weight is 240 g/mol. The maximum Gasteiger partial charge on any atom is 0.339 e. The molecule has 1 N–H and O–H groups in total. The highest BCUT2D eigenvalue weighted by atomic mass is 16.4. The zero-order chi connectivity index (χ0) is 12.5. The van der Waals surface area contributed by atoms with Gasteiger partial charge in [-0.3, -0.25) is 9.97 Å². The van der Waals surface area contributed by atoms with Crippen molar-refractivity contribution in [2.24, 2.45) is 0 Å². The fraction of sp³-hybridized carbons (Fsp3) is 0. The van der Waals surface area contributed by atoms with Crippen LogP contribution in [0.15, 0.2) is 43.1 Å². The molecule has 0 saturated carbocycles. The first-order valence-electron chi connectivity index (χ1n) is 5.23. The summed E-state index contributed by atoms with van der Waals surface area (Å²) < 4.78 is 1.50. The molecule has 0 radical (unpaired) electrons. The third-order valence-corrected chi connectivity index (χ3v) is 2.59. The highest BCUT2D eigenvalue weighted by Gasteiger charge is 2.12. The van der Waals surface area contributed by atoms with Gasteiger partial charge in [0, 0.05) is 18.0 Å². The van der Waals surface area contributed by atoms with Gasteiger partial charge in [0.05, 0.1) is 29.8 Å². The standard InChI is InChI=1S/C12H8N4O2/c17-12(18)9-5-15-16-7-10(14-6-11(9)16)8-2-1-3-13-4-8/h1-7H,(H,17,18). The number of rotatable bonds is 2. The molecule has 0 fully saturated rings. The Balaban J connectivity index is 2.16. The number of pyridine rings is 1. The number of aromatic carboxylic acids is 1. The van der Waals surface area contributed by atoms with Gasteiger partial charge in [0.1, 0.15) is 5.56 Å². The Bertz CT molecular complexity index is 721. The van der Waals surface area contributed by atoms with E-state index >= 15 is 0 Å². The minimum atomic E-state index is -1.01. The molecular formula is C12H8N4O2. The predicted octanol–water partition coefficient (Wildman–Crippen LogP) is 1.49. The molecule has 0 aliphatic rings. The summed E-state index contributed by atoms with van der Waals surface area (Å²) in [6.45, 7) is 0. The van der Waals surface area contributed by atoms with E-state index in [1.54, 1.807) is 18.6 Å². The molecule has 0 saturated heterocycles. The maximum absolute atomic E-state index is 10.9. The van der Waals surface area contributed by atoms with Gasteiger partial charge in [0.25, 0.3) is 0 Å². The Labute approximate surface area is 102 Å². The lowest BCUT2D eigenvalue weighted by molar-refractivity contribution is 0.0699. The van der Waals surface area contributed by atoms with Crippen LogP contribution in [0.2, 0.25) is 0 Å². The summed E-state index contributed by atoms with van der Waals surface area (Å²) in [7, 11) is 0. The Morgan fingerprint density at radius 1 is 1.28 bits per heavy atom. The topological polar surface area (TPSA) is 80.4 Å². The predicted molar refractivity (Wildman–Crippen MR) is 63.2 cm³/mol. The number of hydrogen-bond donors (Lipinski definition) is 1. The molecule has 6 nitrogen and oxygen atoms in total. The molecule has 0 bridgehead atoms. The van der Waals surface area contributed by atoms with Gasteiger partial charge in [-0.05, 0) is 12.1 Å². The number of nitrogens with zero attached hydrogens (tertiary/aromatic N) is 4. The van der Waals surface area contributed by atoms with Crippen molar-refractivity contribution in [2.75, 3.05) is 0 Å². The summed E-state index contributed by atoms with van der Waals surface area (Å²) in [5.74, 6) is -1.01. The molecule has 3 aromatic heterocycles. The molecule has 0 unspecified atom stereocenters. The van der Waals surface area contributed by atoms with Crippen molar-refractivity contribution in [3.8, 4) is 11.3 Å². The van der Waals surface area contributed by atoms with Crippen LogP contribution in [0.3, 0.4) is 0 Å². The monoisotopic (exact) mass is 240 g/mol. The molecule has 0 aromatic carbocycles. The molecule has 3 rings (SSSR count). The minimum absolute atomic E-state index is 0.139. The number of carboxylic acids is 1. The second-order valence-electron chi connectivity index (χ2n) is 3.71. The maximum atomic E-state index is 10.9. The van der Waals surface area contributed by atoms with Crippen molar-refractivity contribution in [3.63, 3.8) is 0 Å². The molecular weight excluding hydrogens is 232 g/mol. The van der Waals surface area contributed by atoms with Crippen LogP contribution in [0, 0.1) is 0 Å². The third-order valence-electron chi connectivity index (χ3n) is 2.59. The van der Waals surface area contributed by atoms with E-state index in [0.29, 0.717) is 11.2 Å². The summed E-state index contributed by atoms with van der Waals surface area (Å²) >= 11 is 0. The summed E-state index contributed by atoms with van der Waals surface area (Å²) in [4.78, 5) is 19.2. The number of aromatic nitrogens is 4. The fourth-order valence-electron chi connectivity index (χ4n) is 1.71. The van der Waals surface area contributed by atoms with Gasteiger partial charge < -0.3 is 5.11 Å². The Kier molecular flexibility index (Phi) is 2.26. The van der Waals surface area contributed by atoms with E-state index in [1.807, 2.05) is 12.1 Å². The van der Waals surface area contributed by atoms with Gasteiger partial charge >= 0.3 is 5.97 Å².